The van der Waals surface area contributed by atoms with E-state index >= 15 is 0 Å². The average Bonchev–Trinajstić information content (AvgIpc) is 2.89. The zero-order valence-electron chi connectivity index (χ0n) is 7.51. The summed E-state index contributed by atoms with van der Waals surface area (Å²) in [6.45, 7) is 1.01. The Labute approximate surface area is 73.8 Å². The molecule has 1 heteroatoms. The second-order valence-electron chi connectivity index (χ2n) is 3.50. The molecule has 2 rings (SSSR count). The summed E-state index contributed by atoms with van der Waals surface area (Å²) in [5.74, 6) is 0.870. The zero-order chi connectivity index (χ0) is 8.39. The third-order valence-electron chi connectivity index (χ3n) is 2.44. The molecule has 1 saturated carbocycles. The number of hydrogen-bond donors (Lipinski definition) is 1. The predicted octanol–water partition coefficient (Wildman–Crippen LogP) is 2.28. The highest BCUT2D eigenvalue weighted by Gasteiger charge is 2.24. The lowest BCUT2D eigenvalue weighted by Gasteiger charge is -2.06. The Morgan fingerprint density at radius 2 is 2.08 bits per heavy atom. The topological polar surface area (TPSA) is 12.0 Å². The lowest BCUT2D eigenvalue weighted by Crippen LogP contribution is -2.07. The predicted molar refractivity (Wildman–Crippen MR) is 51.2 cm³/mol. The molecule has 64 valence electrons. The first-order chi connectivity index (χ1) is 5.92. The summed E-state index contributed by atoms with van der Waals surface area (Å²) < 4.78 is 0. The van der Waals surface area contributed by atoms with Crippen molar-refractivity contribution in [3.05, 3.63) is 35.4 Å². The van der Waals surface area contributed by atoms with Gasteiger partial charge in [-0.25, -0.2) is 0 Å². The van der Waals surface area contributed by atoms with Gasteiger partial charge in [-0.3, -0.25) is 0 Å². The van der Waals surface area contributed by atoms with Gasteiger partial charge in [-0.2, -0.15) is 0 Å². The first kappa shape index (κ1) is 7.81. The Bertz CT molecular complexity index is 263. The largest absolute Gasteiger partial charge is 0.316 e. The van der Waals surface area contributed by atoms with Crippen molar-refractivity contribution in [2.24, 2.45) is 0 Å². The molecule has 0 spiro atoms. The Balaban J connectivity index is 2.24. The van der Waals surface area contributed by atoms with Crippen molar-refractivity contribution in [1.82, 2.24) is 5.32 Å². The summed E-state index contributed by atoms with van der Waals surface area (Å²) in [5.41, 5.74) is 3.04. The number of hydrogen-bond acceptors (Lipinski definition) is 1. The van der Waals surface area contributed by atoms with Crippen LogP contribution < -0.4 is 5.32 Å². The molecule has 0 bridgehead atoms. The van der Waals surface area contributed by atoms with Gasteiger partial charge in [0, 0.05) is 6.54 Å². The van der Waals surface area contributed by atoms with E-state index < -0.39 is 0 Å². The zero-order valence-corrected chi connectivity index (χ0v) is 7.51. The van der Waals surface area contributed by atoms with Crippen LogP contribution in [0.25, 0.3) is 0 Å². The minimum absolute atomic E-state index is 0.870. The highest BCUT2D eigenvalue weighted by molar-refractivity contribution is 5.32. The minimum Gasteiger partial charge on any atom is -0.316 e. The van der Waals surface area contributed by atoms with Crippen molar-refractivity contribution < 1.29 is 0 Å². The minimum atomic E-state index is 0.870. The van der Waals surface area contributed by atoms with E-state index in [4.69, 9.17) is 0 Å². The summed E-state index contributed by atoms with van der Waals surface area (Å²) in [7, 11) is 2.00. The molecule has 0 amide bonds. The lowest BCUT2D eigenvalue weighted by molar-refractivity contribution is 0.804. The second kappa shape index (κ2) is 3.28. The van der Waals surface area contributed by atoms with Crippen molar-refractivity contribution in [2.75, 3.05) is 7.05 Å². The highest BCUT2D eigenvalue weighted by Crippen LogP contribution is 2.41. The summed E-state index contributed by atoms with van der Waals surface area (Å²) >= 11 is 0. The van der Waals surface area contributed by atoms with Gasteiger partial charge in [-0.05, 0) is 36.9 Å². The number of benzene rings is 1. The summed E-state index contributed by atoms with van der Waals surface area (Å²) in [6, 6.07) is 8.76. The highest BCUT2D eigenvalue weighted by atomic mass is 14.8. The Hall–Kier alpha value is -0.820. The molecule has 0 atom stereocenters. The van der Waals surface area contributed by atoms with Crippen molar-refractivity contribution in [3.8, 4) is 0 Å². The fourth-order valence-corrected chi connectivity index (χ4v) is 1.68. The summed E-state index contributed by atoms with van der Waals surface area (Å²) in [5, 5.41) is 3.21. The van der Waals surface area contributed by atoms with Gasteiger partial charge in [0.25, 0.3) is 0 Å². The Morgan fingerprint density at radius 1 is 1.33 bits per heavy atom. The first-order valence-electron chi connectivity index (χ1n) is 4.64. The van der Waals surface area contributed by atoms with Crippen molar-refractivity contribution in [2.45, 2.75) is 25.3 Å². The van der Waals surface area contributed by atoms with Gasteiger partial charge in [-0.15, -0.1) is 0 Å². The van der Waals surface area contributed by atoms with Crippen LogP contribution in [0.5, 0.6) is 0 Å². The van der Waals surface area contributed by atoms with Crippen LogP contribution in [0.2, 0.25) is 0 Å². The molecular formula is C11H15N. The molecular weight excluding hydrogens is 146 g/mol. The molecule has 1 N–H and O–H groups in total. The van der Waals surface area contributed by atoms with Gasteiger partial charge < -0.3 is 5.32 Å². The van der Waals surface area contributed by atoms with Crippen LogP contribution in [-0.2, 0) is 6.54 Å². The van der Waals surface area contributed by atoms with Crippen molar-refractivity contribution in [1.29, 1.82) is 0 Å². The van der Waals surface area contributed by atoms with Crippen LogP contribution in [0.3, 0.4) is 0 Å². The van der Waals surface area contributed by atoms with E-state index in [1.807, 2.05) is 7.05 Å². The molecule has 1 aromatic rings. The average molecular weight is 161 g/mol. The smallest absolute Gasteiger partial charge is 0.0205 e. The van der Waals surface area contributed by atoms with E-state index in [1.165, 1.54) is 18.4 Å². The van der Waals surface area contributed by atoms with E-state index in [0.29, 0.717) is 0 Å². The third kappa shape index (κ3) is 1.51. The van der Waals surface area contributed by atoms with Crippen molar-refractivity contribution in [3.63, 3.8) is 0 Å². The maximum atomic E-state index is 3.21. The fraction of sp³-hybridized carbons (Fsp3) is 0.455. The van der Waals surface area contributed by atoms with E-state index in [1.54, 1.807) is 5.56 Å². The van der Waals surface area contributed by atoms with E-state index in [9.17, 15) is 0 Å². The number of rotatable bonds is 3. The second-order valence-corrected chi connectivity index (χ2v) is 3.50. The molecule has 1 aliphatic rings. The molecule has 1 aromatic carbocycles. The maximum absolute atomic E-state index is 3.21. The first-order valence-corrected chi connectivity index (χ1v) is 4.64. The van der Waals surface area contributed by atoms with E-state index in [-0.39, 0.29) is 0 Å². The summed E-state index contributed by atoms with van der Waals surface area (Å²) in [6.07, 6.45) is 2.78. The third-order valence-corrected chi connectivity index (χ3v) is 2.44. The Morgan fingerprint density at radius 3 is 2.75 bits per heavy atom. The molecule has 0 aromatic heterocycles. The number of nitrogens with one attached hydrogen (secondary N) is 1. The molecule has 0 saturated heterocycles. The van der Waals surface area contributed by atoms with Gasteiger partial charge in [0.05, 0.1) is 0 Å². The molecule has 0 unspecified atom stereocenters. The SMILES string of the molecule is CNCc1ccccc1C1CC1. The molecule has 1 fully saturated rings. The standard InChI is InChI=1S/C11H15N/c1-12-8-10-4-2-3-5-11(10)9-6-7-9/h2-5,9,12H,6-8H2,1H3. The van der Waals surface area contributed by atoms with Gasteiger partial charge in [-0.1, -0.05) is 24.3 Å². The Kier molecular flexibility index (Phi) is 2.13. The molecule has 1 nitrogen and oxygen atoms in total. The maximum Gasteiger partial charge on any atom is 0.0205 e. The van der Waals surface area contributed by atoms with Crippen LogP contribution in [0, 0.1) is 0 Å². The molecule has 0 heterocycles. The molecule has 0 aliphatic heterocycles. The molecule has 0 radical (unpaired) electrons. The lowest BCUT2D eigenvalue weighted by atomic mass is 10.0. The van der Waals surface area contributed by atoms with Gasteiger partial charge in [0.1, 0.15) is 0 Å². The van der Waals surface area contributed by atoms with Crippen LogP contribution in [0.4, 0.5) is 0 Å². The van der Waals surface area contributed by atoms with E-state index in [0.717, 1.165) is 12.5 Å². The van der Waals surface area contributed by atoms with Crippen LogP contribution in [0.1, 0.15) is 29.9 Å². The van der Waals surface area contributed by atoms with Crippen molar-refractivity contribution >= 4 is 0 Å². The van der Waals surface area contributed by atoms with E-state index in [2.05, 4.69) is 29.6 Å². The van der Waals surface area contributed by atoms with Gasteiger partial charge >= 0.3 is 0 Å². The fourth-order valence-electron chi connectivity index (χ4n) is 1.68. The normalized spacial score (nSPS) is 16.4. The van der Waals surface area contributed by atoms with Crippen LogP contribution in [0.15, 0.2) is 24.3 Å². The van der Waals surface area contributed by atoms with Gasteiger partial charge in [0.2, 0.25) is 0 Å². The van der Waals surface area contributed by atoms with Gasteiger partial charge in [0.15, 0.2) is 0 Å². The van der Waals surface area contributed by atoms with Crippen LogP contribution >= 0.6 is 0 Å². The quantitative estimate of drug-likeness (QED) is 0.717. The summed E-state index contributed by atoms with van der Waals surface area (Å²) in [4.78, 5) is 0. The molecule has 12 heavy (non-hydrogen) atoms. The van der Waals surface area contributed by atoms with Crippen LogP contribution in [-0.4, -0.2) is 7.05 Å². The monoisotopic (exact) mass is 161 g/mol. The molecule has 1 aliphatic carbocycles.